The van der Waals surface area contributed by atoms with Crippen LogP contribution in [-0.2, 0) is 0 Å². The van der Waals surface area contributed by atoms with Crippen LogP contribution in [0.3, 0.4) is 0 Å². The smallest absolute Gasteiger partial charge is 0.0204 e. The summed E-state index contributed by atoms with van der Waals surface area (Å²) in [7, 11) is 0. The quantitative estimate of drug-likeness (QED) is 0.660. The summed E-state index contributed by atoms with van der Waals surface area (Å²) < 4.78 is 0. The van der Waals surface area contributed by atoms with Gasteiger partial charge < -0.3 is 0 Å². The Morgan fingerprint density at radius 1 is 0.889 bits per heavy atom. The highest BCUT2D eigenvalue weighted by Crippen LogP contribution is 2.56. The highest BCUT2D eigenvalue weighted by atomic mass is 15.3. The predicted molar refractivity (Wildman–Crippen MR) is 79.7 cm³/mol. The van der Waals surface area contributed by atoms with E-state index in [4.69, 9.17) is 0 Å². The van der Waals surface area contributed by atoms with Crippen LogP contribution in [-0.4, -0.2) is 23.0 Å². The van der Waals surface area contributed by atoms with Crippen LogP contribution in [0.4, 0.5) is 0 Å². The minimum Gasteiger partial charge on any atom is -0.294 e. The zero-order valence-electron chi connectivity index (χ0n) is 13.8. The third-order valence-corrected chi connectivity index (χ3v) is 6.07. The Bertz CT molecular complexity index is 315. The first kappa shape index (κ1) is 14.4. The minimum atomic E-state index is 0.315. The molecular weight excluding hydrogens is 218 g/mol. The number of fused-ring (bicyclic) bond motifs is 1. The maximum Gasteiger partial charge on any atom is 0.0204 e. The molecule has 0 aromatic rings. The summed E-state index contributed by atoms with van der Waals surface area (Å²) >= 11 is 0. The molecule has 1 saturated carbocycles. The first-order chi connectivity index (χ1) is 7.96. The van der Waals surface area contributed by atoms with Crippen LogP contribution >= 0.6 is 0 Å². The van der Waals surface area contributed by atoms with Gasteiger partial charge >= 0.3 is 0 Å². The maximum atomic E-state index is 2.82. The molecule has 0 aromatic carbocycles. The van der Waals surface area contributed by atoms with Crippen molar-refractivity contribution in [2.75, 3.05) is 6.54 Å². The second kappa shape index (κ2) is 3.98. The van der Waals surface area contributed by atoms with Gasteiger partial charge in [0.25, 0.3) is 0 Å². The number of piperidine rings is 1. The van der Waals surface area contributed by atoms with E-state index >= 15 is 0 Å². The highest BCUT2D eigenvalue weighted by Gasteiger charge is 2.57. The van der Waals surface area contributed by atoms with E-state index in [9.17, 15) is 0 Å². The fourth-order valence-electron chi connectivity index (χ4n) is 3.85. The summed E-state index contributed by atoms with van der Waals surface area (Å²) in [6.07, 6.45) is 2.84. The minimum absolute atomic E-state index is 0.315. The number of hydrogen-bond donors (Lipinski definition) is 0. The molecule has 1 heterocycles. The third kappa shape index (κ3) is 2.24. The van der Waals surface area contributed by atoms with Crippen molar-refractivity contribution < 1.29 is 0 Å². The van der Waals surface area contributed by atoms with Crippen LogP contribution in [0.1, 0.15) is 68.2 Å². The molecule has 1 nitrogen and oxygen atoms in total. The Morgan fingerprint density at radius 3 is 1.89 bits per heavy atom. The molecule has 3 atom stereocenters. The summed E-state index contributed by atoms with van der Waals surface area (Å²) in [5.41, 5.74) is 1.17. The van der Waals surface area contributed by atoms with Crippen LogP contribution < -0.4 is 0 Å². The first-order valence-electron chi connectivity index (χ1n) is 7.73. The molecule has 0 N–H and O–H groups in total. The number of hydrogen-bond acceptors (Lipinski definition) is 1. The normalized spacial score (nSPS) is 34.3. The standard InChI is InChI=1S/C17H33N/c1-15(2,3)13-9-10-18(14-11-12(13)14)17(7,8)16(4,5)6/h12-14H,9-11H2,1-8H3. The molecule has 3 unspecified atom stereocenters. The molecule has 0 spiro atoms. The Hall–Kier alpha value is -0.0400. The molecule has 0 radical (unpaired) electrons. The van der Waals surface area contributed by atoms with Crippen molar-refractivity contribution in [3.05, 3.63) is 0 Å². The fraction of sp³-hybridized carbons (Fsp3) is 1.00. The average Bonchev–Trinajstić information content (AvgIpc) is 2.90. The van der Waals surface area contributed by atoms with Crippen molar-refractivity contribution in [2.24, 2.45) is 22.7 Å². The summed E-state index contributed by atoms with van der Waals surface area (Å²) in [5.74, 6) is 1.91. The molecule has 1 aliphatic carbocycles. The van der Waals surface area contributed by atoms with Gasteiger partial charge in [-0.1, -0.05) is 41.5 Å². The molecule has 0 bridgehead atoms. The SMILES string of the molecule is CC(C)(C)C1CCN(C(C)(C)C(C)(C)C)C2CC21. The molecule has 1 heteroatoms. The molecule has 0 aromatic heterocycles. The lowest BCUT2D eigenvalue weighted by molar-refractivity contribution is -0.0220. The lowest BCUT2D eigenvalue weighted by Crippen LogP contribution is -2.56. The van der Waals surface area contributed by atoms with Crippen LogP contribution in [0.5, 0.6) is 0 Å². The van der Waals surface area contributed by atoms with Gasteiger partial charge in [0.15, 0.2) is 0 Å². The summed E-state index contributed by atoms with van der Waals surface area (Å²) in [6, 6.07) is 0.872. The van der Waals surface area contributed by atoms with E-state index in [0.717, 1.165) is 17.9 Å². The highest BCUT2D eigenvalue weighted by molar-refractivity contribution is 5.10. The third-order valence-electron chi connectivity index (χ3n) is 6.07. The van der Waals surface area contributed by atoms with Crippen LogP contribution in [0.15, 0.2) is 0 Å². The van der Waals surface area contributed by atoms with Crippen LogP contribution in [0.2, 0.25) is 0 Å². The predicted octanol–water partition coefficient (Wildman–Crippen LogP) is 4.57. The Balaban J connectivity index is 2.11. The van der Waals surface area contributed by atoms with Gasteiger partial charge in [-0.3, -0.25) is 4.90 Å². The molecule has 2 fully saturated rings. The van der Waals surface area contributed by atoms with Gasteiger partial charge in [0.05, 0.1) is 0 Å². The molecule has 2 rings (SSSR count). The van der Waals surface area contributed by atoms with E-state index in [-0.39, 0.29) is 0 Å². The number of rotatable bonds is 1. The van der Waals surface area contributed by atoms with Gasteiger partial charge in [-0.05, 0) is 55.9 Å². The van der Waals surface area contributed by atoms with Crippen molar-refractivity contribution in [1.29, 1.82) is 0 Å². The van der Waals surface area contributed by atoms with Crippen molar-refractivity contribution >= 4 is 0 Å². The van der Waals surface area contributed by atoms with E-state index in [1.807, 2.05) is 0 Å². The van der Waals surface area contributed by atoms with E-state index in [0.29, 0.717) is 16.4 Å². The van der Waals surface area contributed by atoms with Crippen molar-refractivity contribution in [3.8, 4) is 0 Å². The van der Waals surface area contributed by atoms with Gasteiger partial charge in [-0.25, -0.2) is 0 Å². The molecule has 18 heavy (non-hydrogen) atoms. The van der Waals surface area contributed by atoms with Gasteiger partial charge in [0.2, 0.25) is 0 Å². The Morgan fingerprint density at radius 2 is 1.44 bits per heavy atom. The van der Waals surface area contributed by atoms with Crippen molar-refractivity contribution in [2.45, 2.75) is 79.8 Å². The topological polar surface area (TPSA) is 3.24 Å². The monoisotopic (exact) mass is 251 g/mol. The number of likely N-dealkylation sites (tertiary alicyclic amines) is 1. The Labute approximate surface area is 114 Å². The van der Waals surface area contributed by atoms with Crippen LogP contribution in [0, 0.1) is 22.7 Å². The molecule has 2 aliphatic rings. The van der Waals surface area contributed by atoms with Gasteiger partial charge in [-0.15, -0.1) is 0 Å². The lowest BCUT2D eigenvalue weighted by Gasteiger charge is -2.51. The van der Waals surface area contributed by atoms with Crippen LogP contribution in [0.25, 0.3) is 0 Å². The zero-order valence-corrected chi connectivity index (χ0v) is 13.8. The molecule has 1 aliphatic heterocycles. The maximum absolute atomic E-state index is 2.82. The van der Waals surface area contributed by atoms with Crippen molar-refractivity contribution in [3.63, 3.8) is 0 Å². The van der Waals surface area contributed by atoms with Gasteiger partial charge in [-0.2, -0.15) is 0 Å². The second-order valence-electron chi connectivity index (χ2n) is 9.23. The lowest BCUT2D eigenvalue weighted by atomic mass is 9.71. The van der Waals surface area contributed by atoms with Crippen molar-refractivity contribution in [1.82, 2.24) is 4.90 Å². The first-order valence-corrected chi connectivity index (χ1v) is 7.73. The molecule has 1 saturated heterocycles. The van der Waals surface area contributed by atoms with E-state index in [1.54, 1.807) is 0 Å². The van der Waals surface area contributed by atoms with Gasteiger partial charge in [0.1, 0.15) is 0 Å². The number of nitrogens with zero attached hydrogens (tertiary/aromatic N) is 1. The summed E-state index contributed by atoms with van der Waals surface area (Å²) in [6.45, 7) is 20.6. The molecule has 106 valence electrons. The zero-order chi connectivity index (χ0) is 13.9. The van der Waals surface area contributed by atoms with E-state index in [2.05, 4.69) is 60.3 Å². The van der Waals surface area contributed by atoms with E-state index in [1.165, 1.54) is 19.4 Å². The summed E-state index contributed by atoms with van der Waals surface area (Å²) in [5, 5.41) is 0. The van der Waals surface area contributed by atoms with E-state index < -0.39 is 0 Å². The molecular formula is C17H33N. The largest absolute Gasteiger partial charge is 0.294 e. The van der Waals surface area contributed by atoms with Gasteiger partial charge in [0, 0.05) is 11.6 Å². The average molecular weight is 251 g/mol. The fourth-order valence-corrected chi connectivity index (χ4v) is 3.85. The Kier molecular flexibility index (Phi) is 3.17. The summed E-state index contributed by atoms with van der Waals surface area (Å²) in [4.78, 5) is 2.82. The molecule has 0 amide bonds. The second-order valence-corrected chi connectivity index (χ2v) is 9.23.